The number of aromatic amines is 1. The molecule has 6 rings (SSSR count). The number of hydrogen-bond acceptors (Lipinski definition) is 7. The number of imidazole rings is 1. The van der Waals surface area contributed by atoms with E-state index in [4.69, 9.17) is 0 Å². The van der Waals surface area contributed by atoms with Gasteiger partial charge in [0.15, 0.2) is 17.2 Å². The number of urea groups is 1. The average Bonchev–Trinajstić information content (AvgIpc) is 3.74. The number of benzene rings is 1. The SMILES string of the molecule is Cc1cc(Nc2nccn3c(-c4c[nH]nc4C(F)(F)F)cnc23)ccc1C(=O)N1CCN(C(=O)N[C@@H]2CCNC2)CC1. The van der Waals surface area contributed by atoms with Crippen molar-refractivity contribution in [1.29, 1.82) is 0 Å². The van der Waals surface area contributed by atoms with Gasteiger partial charge < -0.3 is 25.8 Å². The normalized spacial score (nSPS) is 17.6. The standard InChI is InChI=1S/C27H29F3N10O2/c1-16-12-17(2-3-19(16)25(41)38-8-10-39(11-9-38)26(42)36-18-4-5-31-13-18)35-23-24-33-15-21(40(24)7-6-32-23)20-14-34-37-22(20)27(28,29)30/h2-3,6-7,12,14-15,18,31H,4-5,8-11,13H2,1H3,(H,32,35)(H,34,37)(H,36,42)/t18-/m1/s1. The molecule has 2 fully saturated rings. The number of nitrogens with zero attached hydrogens (tertiary/aromatic N) is 6. The molecular formula is C27H29F3N10O2. The number of piperazine rings is 1. The number of anilines is 2. The maximum Gasteiger partial charge on any atom is 0.435 e. The molecule has 2 aliphatic heterocycles. The van der Waals surface area contributed by atoms with Crippen LogP contribution in [0.25, 0.3) is 16.9 Å². The van der Waals surface area contributed by atoms with Crippen LogP contribution in [-0.2, 0) is 6.18 Å². The number of amides is 3. The summed E-state index contributed by atoms with van der Waals surface area (Å²) in [7, 11) is 0. The molecule has 0 aliphatic carbocycles. The van der Waals surface area contributed by atoms with Crippen molar-refractivity contribution >= 4 is 29.1 Å². The molecule has 5 heterocycles. The van der Waals surface area contributed by atoms with E-state index in [9.17, 15) is 22.8 Å². The zero-order valence-electron chi connectivity index (χ0n) is 22.7. The summed E-state index contributed by atoms with van der Waals surface area (Å²) < 4.78 is 41.8. The molecule has 0 spiro atoms. The molecule has 3 amide bonds. The minimum atomic E-state index is -4.63. The Bertz CT molecular complexity index is 1620. The van der Waals surface area contributed by atoms with Gasteiger partial charge in [0.05, 0.1) is 17.5 Å². The van der Waals surface area contributed by atoms with Crippen molar-refractivity contribution in [2.75, 3.05) is 44.6 Å². The van der Waals surface area contributed by atoms with Crippen LogP contribution in [0.4, 0.5) is 29.5 Å². The van der Waals surface area contributed by atoms with Crippen LogP contribution in [0.3, 0.4) is 0 Å². The fraction of sp³-hybridized carbons (Fsp3) is 0.370. The number of aryl methyl sites for hydroxylation is 1. The first-order valence-corrected chi connectivity index (χ1v) is 13.6. The van der Waals surface area contributed by atoms with Gasteiger partial charge in [0.25, 0.3) is 5.91 Å². The number of H-pyrrole nitrogens is 1. The van der Waals surface area contributed by atoms with Crippen LogP contribution in [0.15, 0.2) is 43.0 Å². The summed E-state index contributed by atoms with van der Waals surface area (Å²) in [5.41, 5.74) is 1.30. The minimum absolute atomic E-state index is 0.0961. The molecule has 2 saturated heterocycles. The van der Waals surface area contributed by atoms with Gasteiger partial charge in [-0.3, -0.25) is 14.3 Å². The Morgan fingerprint density at radius 1 is 1.10 bits per heavy atom. The highest BCUT2D eigenvalue weighted by atomic mass is 19.4. The van der Waals surface area contributed by atoms with Crippen LogP contribution in [0.2, 0.25) is 0 Å². The van der Waals surface area contributed by atoms with Crippen LogP contribution < -0.4 is 16.0 Å². The summed E-state index contributed by atoms with van der Waals surface area (Å²) in [6.45, 7) is 5.30. The van der Waals surface area contributed by atoms with E-state index in [0.29, 0.717) is 48.9 Å². The molecule has 0 unspecified atom stereocenters. The Balaban J connectivity index is 1.13. The van der Waals surface area contributed by atoms with Gasteiger partial charge in [0.2, 0.25) is 0 Å². The number of carbonyl (C=O) groups excluding carboxylic acids is 2. The van der Waals surface area contributed by atoms with E-state index in [1.807, 2.05) is 6.92 Å². The number of nitrogens with one attached hydrogen (secondary N) is 4. The van der Waals surface area contributed by atoms with Crippen LogP contribution in [-0.4, -0.2) is 91.6 Å². The average molecular weight is 583 g/mol. The second-order valence-corrected chi connectivity index (χ2v) is 10.3. The van der Waals surface area contributed by atoms with Gasteiger partial charge in [0, 0.05) is 68.6 Å². The van der Waals surface area contributed by atoms with Crippen molar-refractivity contribution in [3.63, 3.8) is 0 Å². The highest BCUT2D eigenvalue weighted by Gasteiger charge is 2.37. The zero-order chi connectivity index (χ0) is 29.4. The third kappa shape index (κ3) is 5.34. The molecular weight excluding hydrogens is 553 g/mol. The van der Waals surface area contributed by atoms with Crippen molar-refractivity contribution < 1.29 is 22.8 Å². The van der Waals surface area contributed by atoms with Gasteiger partial charge in [-0.2, -0.15) is 18.3 Å². The van der Waals surface area contributed by atoms with Gasteiger partial charge in [-0.25, -0.2) is 14.8 Å². The summed E-state index contributed by atoms with van der Waals surface area (Å²) in [5.74, 6) is 0.222. The summed E-state index contributed by atoms with van der Waals surface area (Å²) in [6, 6.07) is 5.32. The molecule has 2 aliphatic rings. The highest BCUT2D eigenvalue weighted by Crippen LogP contribution is 2.36. The molecule has 0 saturated carbocycles. The highest BCUT2D eigenvalue weighted by molar-refractivity contribution is 5.96. The molecule has 12 nitrogen and oxygen atoms in total. The Hall–Kier alpha value is -4.66. The molecule has 15 heteroatoms. The van der Waals surface area contributed by atoms with E-state index in [2.05, 4.69) is 36.1 Å². The van der Waals surface area contributed by atoms with E-state index in [0.717, 1.165) is 25.1 Å². The van der Waals surface area contributed by atoms with Crippen LogP contribution >= 0.6 is 0 Å². The predicted molar refractivity (Wildman–Crippen MR) is 147 cm³/mol. The molecule has 4 aromatic rings. The summed E-state index contributed by atoms with van der Waals surface area (Å²) >= 11 is 0. The van der Waals surface area contributed by atoms with Gasteiger partial charge in [-0.1, -0.05) is 0 Å². The van der Waals surface area contributed by atoms with E-state index in [1.54, 1.807) is 28.0 Å². The van der Waals surface area contributed by atoms with Gasteiger partial charge in [-0.05, 0) is 43.7 Å². The number of halogens is 3. The largest absolute Gasteiger partial charge is 0.435 e. The third-order valence-corrected chi connectivity index (χ3v) is 7.57. The Morgan fingerprint density at radius 2 is 1.88 bits per heavy atom. The van der Waals surface area contributed by atoms with Gasteiger partial charge >= 0.3 is 12.2 Å². The summed E-state index contributed by atoms with van der Waals surface area (Å²) in [4.78, 5) is 38.0. The lowest BCUT2D eigenvalue weighted by Crippen LogP contribution is -2.54. The van der Waals surface area contributed by atoms with Gasteiger partial charge in [0.1, 0.15) is 0 Å². The topological polar surface area (TPSA) is 136 Å². The Morgan fingerprint density at radius 3 is 2.60 bits per heavy atom. The molecule has 4 N–H and O–H groups in total. The number of hydrogen-bond donors (Lipinski definition) is 4. The van der Waals surface area contributed by atoms with Crippen molar-refractivity contribution in [2.24, 2.45) is 0 Å². The smallest absolute Gasteiger partial charge is 0.337 e. The maximum absolute atomic E-state index is 13.4. The van der Waals surface area contributed by atoms with Crippen LogP contribution in [0.1, 0.15) is 28.0 Å². The van der Waals surface area contributed by atoms with Gasteiger partial charge in [-0.15, -0.1) is 0 Å². The molecule has 1 aromatic carbocycles. The van der Waals surface area contributed by atoms with Crippen LogP contribution in [0.5, 0.6) is 0 Å². The van der Waals surface area contributed by atoms with E-state index in [1.165, 1.54) is 29.2 Å². The number of fused-ring (bicyclic) bond motifs is 1. The maximum atomic E-state index is 13.4. The lowest BCUT2D eigenvalue weighted by Gasteiger charge is -2.35. The van der Waals surface area contributed by atoms with Crippen molar-refractivity contribution in [3.05, 3.63) is 59.8 Å². The fourth-order valence-corrected chi connectivity index (χ4v) is 5.35. The molecule has 3 aromatic heterocycles. The first-order valence-electron chi connectivity index (χ1n) is 13.6. The lowest BCUT2D eigenvalue weighted by molar-refractivity contribution is -0.140. The monoisotopic (exact) mass is 582 g/mol. The first kappa shape index (κ1) is 27.5. The Labute approximate surface area is 238 Å². The second-order valence-electron chi connectivity index (χ2n) is 10.3. The van der Waals surface area contributed by atoms with E-state index in [-0.39, 0.29) is 29.2 Å². The zero-order valence-corrected chi connectivity index (χ0v) is 22.7. The molecule has 220 valence electrons. The first-order chi connectivity index (χ1) is 20.2. The number of alkyl halides is 3. The fourth-order valence-electron chi connectivity index (χ4n) is 5.35. The quantitative estimate of drug-likeness (QED) is 0.284. The molecule has 1 atom stereocenters. The second kappa shape index (κ2) is 11.0. The van der Waals surface area contributed by atoms with Crippen molar-refractivity contribution in [2.45, 2.75) is 25.6 Å². The van der Waals surface area contributed by atoms with E-state index < -0.39 is 11.9 Å². The van der Waals surface area contributed by atoms with Crippen molar-refractivity contribution in [1.82, 2.24) is 45.0 Å². The molecule has 0 bridgehead atoms. The number of rotatable bonds is 5. The lowest BCUT2D eigenvalue weighted by atomic mass is 10.1. The van der Waals surface area contributed by atoms with E-state index >= 15 is 0 Å². The number of aromatic nitrogens is 5. The summed E-state index contributed by atoms with van der Waals surface area (Å²) in [5, 5.41) is 15.1. The van der Waals surface area contributed by atoms with Crippen molar-refractivity contribution in [3.8, 4) is 11.3 Å². The predicted octanol–water partition coefficient (Wildman–Crippen LogP) is 3.02. The molecule has 42 heavy (non-hydrogen) atoms. The van der Waals surface area contributed by atoms with Crippen LogP contribution in [0, 0.1) is 6.92 Å². The molecule has 0 radical (unpaired) electrons. The third-order valence-electron chi connectivity index (χ3n) is 7.57. The summed E-state index contributed by atoms with van der Waals surface area (Å²) in [6.07, 6.45) is 1.80. The number of carbonyl (C=O) groups is 2. The Kier molecular flexibility index (Phi) is 7.18. The minimum Gasteiger partial charge on any atom is -0.337 e.